The number of aromatic nitrogens is 3. The van der Waals surface area contributed by atoms with Crippen molar-refractivity contribution in [3.05, 3.63) is 52.4 Å². The minimum atomic E-state index is -0.0186. The fraction of sp³-hybridized carbons (Fsp3) is 0.316. The molecule has 0 amide bonds. The number of carbonyl (C=O) groups is 1. The number of nitrogens with zero attached hydrogens (tertiary/aromatic N) is 3. The smallest absolute Gasteiger partial charge is 0.192 e. The monoisotopic (exact) mass is 419 g/mol. The molecule has 2 aromatic heterocycles. The quantitative estimate of drug-likeness (QED) is 0.406. The molecule has 1 atom stereocenters. The minimum Gasteiger partial charge on any atom is -0.376 e. The number of benzene rings is 1. The van der Waals surface area contributed by atoms with Gasteiger partial charge in [0.1, 0.15) is 0 Å². The van der Waals surface area contributed by atoms with Crippen LogP contribution in [0.1, 0.15) is 23.2 Å². The van der Waals surface area contributed by atoms with Gasteiger partial charge in [0.15, 0.2) is 16.8 Å². The Kier molecular flexibility index (Phi) is 5.92. The normalized spacial score (nSPS) is 16.7. The van der Waals surface area contributed by atoms with Crippen molar-refractivity contribution < 1.29 is 9.53 Å². The predicted molar refractivity (Wildman–Crippen MR) is 109 cm³/mol. The summed E-state index contributed by atoms with van der Waals surface area (Å²) in [6.07, 6.45) is 2.28. The molecule has 3 aromatic rings. The first kappa shape index (κ1) is 18.7. The van der Waals surface area contributed by atoms with Crippen molar-refractivity contribution in [1.29, 1.82) is 0 Å². The molecule has 0 spiro atoms. The van der Waals surface area contributed by atoms with Gasteiger partial charge in [-0.05, 0) is 36.4 Å². The first-order chi connectivity index (χ1) is 13.2. The van der Waals surface area contributed by atoms with Gasteiger partial charge in [0.2, 0.25) is 0 Å². The molecule has 0 aliphatic carbocycles. The number of carbonyl (C=O) groups excluding carboxylic acids is 1. The third kappa shape index (κ3) is 4.27. The standard InChI is InChI=1S/C19H18ClN3O2S2/c20-15-7-2-1-6-14(15)16(24)12-27-19-22-21-18(17-8-4-10-26-17)23(19)11-13-5-3-9-25-13/h1-2,4,6-8,10,13H,3,5,9,11-12H2/t13-/m1/s1. The Morgan fingerprint density at radius 1 is 1.30 bits per heavy atom. The zero-order chi connectivity index (χ0) is 18.6. The third-order valence-corrected chi connectivity index (χ3v) is 6.54. The molecule has 140 valence electrons. The van der Waals surface area contributed by atoms with Gasteiger partial charge in [-0.2, -0.15) is 0 Å². The van der Waals surface area contributed by atoms with E-state index in [9.17, 15) is 4.79 Å². The van der Waals surface area contributed by atoms with Crippen LogP contribution in [-0.4, -0.2) is 39.0 Å². The Balaban J connectivity index is 1.55. The summed E-state index contributed by atoms with van der Waals surface area (Å²) in [6, 6.07) is 11.1. The molecule has 1 aliphatic heterocycles. The summed E-state index contributed by atoms with van der Waals surface area (Å²) >= 11 is 9.16. The SMILES string of the molecule is O=C(CSc1nnc(-c2cccs2)n1C[C@H]1CCCO1)c1ccccc1Cl. The number of ketones is 1. The van der Waals surface area contributed by atoms with E-state index in [2.05, 4.69) is 14.8 Å². The van der Waals surface area contributed by atoms with Crippen LogP contribution in [0.5, 0.6) is 0 Å². The van der Waals surface area contributed by atoms with E-state index in [1.54, 1.807) is 23.5 Å². The Morgan fingerprint density at radius 2 is 2.19 bits per heavy atom. The second-order valence-electron chi connectivity index (χ2n) is 6.22. The number of halogens is 1. The molecule has 5 nitrogen and oxygen atoms in total. The molecule has 0 unspecified atom stereocenters. The third-order valence-electron chi connectivity index (χ3n) is 4.38. The van der Waals surface area contributed by atoms with Crippen LogP contribution in [0.25, 0.3) is 10.7 Å². The van der Waals surface area contributed by atoms with Crippen LogP contribution >= 0.6 is 34.7 Å². The molecule has 0 bridgehead atoms. The van der Waals surface area contributed by atoms with Gasteiger partial charge in [0, 0.05) is 12.2 Å². The van der Waals surface area contributed by atoms with Gasteiger partial charge in [-0.1, -0.05) is 41.6 Å². The van der Waals surface area contributed by atoms with Gasteiger partial charge in [0.05, 0.1) is 28.3 Å². The number of hydrogen-bond acceptors (Lipinski definition) is 6. The molecule has 8 heteroatoms. The molecule has 1 fully saturated rings. The summed E-state index contributed by atoms with van der Waals surface area (Å²) in [5.41, 5.74) is 0.537. The first-order valence-corrected chi connectivity index (χ1v) is 11.0. The number of thioether (sulfide) groups is 1. The highest BCUT2D eigenvalue weighted by atomic mass is 35.5. The van der Waals surface area contributed by atoms with Gasteiger partial charge in [-0.25, -0.2) is 0 Å². The Bertz CT molecular complexity index is 921. The van der Waals surface area contributed by atoms with Crippen molar-refractivity contribution in [2.24, 2.45) is 0 Å². The van der Waals surface area contributed by atoms with Crippen molar-refractivity contribution in [2.45, 2.75) is 30.6 Å². The van der Waals surface area contributed by atoms with Crippen LogP contribution in [0.4, 0.5) is 0 Å². The summed E-state index contributed by atoms with van der Waals surface area (Å²) in [4.78, 5) is 13.6. The van der Waals surface area contributed by atoms with Gasteiger partial charge in [0.25, 0.3) is 0 Å². The number of hydrogen-bond donors (Lipinski definition) is 0. The van der Waals surface area contributed by atoms with E-state index in [-0.39, 0.29) is 17.6 Å². The molecule has 1 aliphatic rings. The van der Waals surface area contributed by atoms with E-state index >= 15 is 0 Å². The highest BCUT2D eigenvalue weighted by Gasteiger charge is 2.23. The first-order valence-electron chi connectivity index (χ1n) is 8.71. The Labute approximate surface area is 170 Å². The lowest BCUT2D eigenvalue weighted by Gasteiger charge is -2.14. The maximum Gasteiger partial charge on any atom is 0.192 e. The Hall–Kier alpha value is -1.67. The number of rotatable bonds is 7. The van der Waals surface area contributed by atoms with E-state index in [1.165, 1.54) is 11.8 Å². The zero-order valence-electron chi connectivity index (χ0n) is 14.5. The van der Waals surface area contributed by atoms with Crippen molar-refractivity contribution in [3.8, 4) is 10.7 Å². The minimum absolute atomic E-state index is 0.0186. The fourth-order valence-electron chi connectivity index (χ4n) is 3.04. The summed E-state index contributed by atoms with van der Waals surface area (Å²) in [6.45, 7) is 1.50. The lowest BCUT2D eigenvalue weighted by atomic mass is 10.1. The van der Waals surface area contributed by atoms with Crippen LogP contribution in [0.2, 0.25) is 5.02 Å². The molecule has 3 heterocycles. The van der Waals surface area contributed by atoms with Crippen LogP contribution in [0.15, 0.2) is 46.9 Å². The summed E-state index contributed by atoms with van der Waals surface area (Å²) in [5, 5.41) is 12.0. The zero-order valence-corrected chi connectivity index (χ0v) is 16.9. The van der Waals surface area contributed by atoms with E-state index in [1.807, 2.05) is 29.6 Å². The van der Waals surface area contributed by atoms with E-state index in [4.69, 9.17) is 16.3 Å². The average Bonchev–Trinajstić information content (AvgIpc) is 3.43. The summed E-state index contributed by atoms with van der Waals surface area (Å²) < 4.78 is 7.87. The molecule has 1 saturated heterocycles. The molecule has 0 radical (unpaired) electrons. The van der Waals surface area contributed by atoms with E-state index in [0.29, 0.717) is 17.1 Å². The lowest BCUT2D eigenvalue weighted by Crippen LogP contribution is -2.17. The molecule has 0 saturated carbocycles. The molecule has 0 N–H and O–H groups in total. The van der Waals surface area contributed by atoms with Crippen LogP contribution in [0.3, 0.4) is 0 Å². The highest BCUT2D eigenvalue weighted by Crippen LogP contribution is 2.29. The average molecular weight is 420 g/mol. The lowest BCUT2D eigenvalue weighted by molar-refractivity contribution is 0.0953. The van der Waals surface area contributed by atoms with Gasteiger partial charge < -0.3 is 4.74 Å². The van der Waals surface area contributed by atoms with E-state index < -0.39 is 0 Å². The maximum absolute atomic E-state index is 12.5. The van der Waals surface area contributed by atoms with Crippen molar-refractivity contribution in [2.75, 3.05) is 12.4 Å². The number of thiophene rings is 1. The molecule has 27 heavy (non-hydrogen) atoms. The second-order valence-corrected chi connectivity index (χ2v) is 8.52. The predicted octanol–water partition coefficient (Wildman–Crippen LogP) is 4.81. The summed E-state index contributed by atoms with van der Waals surface area (Å²) in [7, 11) is 0. The molecule has 1 aromatic carbocycles. The maximum atomic E-state index is 12.5. The van der Waals surface area contributed by atoms with Crippen molar-refractivity contribution in [3.63, 3.8) is 0 Å². The number of ether oxygens (including phenoxy) is 1. The Morgan fingerprint density at radius 3 is 2.93 bits per heavy atom. The van der Waals surface area contributed by atoms with Crippen LogP contribution in [-0.2, 0) is 11.3 Å². The fourth-order valence-corrected chi connectivity index (χ4v) is 4.82. The molecular weight excluding hydrogens is 402 g/mol. The van der Waals surface area contributed by atoms with Gasteiger partial charge >= 0.3 is 0 Å². The van der Waals surface area contributed by atoms with Crippen LogP contribution < -0.4 is 0 Å². The van der Waals surface area contributed by atoms with Gasteiger partial charge in [-0.3, -0.25) is 9.36 Å². The van der Waals surface area contributed by atoms with Gasteiger partial charge in [-0.15, -0.1) is 21.5 Å². The molecular formula is C19H18ClN3O2S2. The number of Topliss-reactive ketones (excluding diaryl/α,β-unsaturated/α-hetero) is 1. The van der Waals surface area contributed by atoms with Crippen molar-refractivity contribution in [1.82, 2.24) is 14.8 Å². The topological polar surface area (TPSA) is 57.0 Å². The summed E-state index contributed by atoms with van der Waals surface area (Å²) in [5.74, 6) is 1.07. The van der Waals surface area contributed by atoms with E-state index in [0.717, 1.165) is 35.3 Å². The van der Waals surface area contributed by atoms with Crippen LogP contribution in [0, 0.1) is 0 Å². The highest BCUT2D eigenvalue weighted by molar-refractivity contribution is 7.99. The molecule has 4 rings (SSSR count). The largest absolute Gasteiger partial charge is 0.376 e. The van der Waals surface area contributed by atoms with Crippen molar-refractivity contribution >= 4 is 40.5 Å². The second kappa shape index (κ2) is 8.56.